The zero-order valence-corrected chi connectivity index (χ0v) is 12.8. The van der Waals surface area contributed by atoms with Crippen molar-refractivity contribution in [3.8, 4) is 0 Å². The SMILES string of the molecule is CCCNc1ncc(Cl)c(N2CCC(C)(C)CC2)n1. The van der Waals surface area contributed by atoms with Crippen LogP contribution in [0.25, 0.3) is 0 Å². The second-order valence-electron chi connectivity index (χ2n) is 5.94. The molecule has 0 aliphatic carbocycles. The van der Waals surface area contributed by atoms with Crippen LogP contribution in [0.2, 0.25) is 5.02 Å². The molecule has 4 nitrogen and oxygen atoms in total. The van der Waals surface area contributed by atoms with E-state index in [0.29, 0.717) is 16.4 Å². The van der Waals surface area contributed by atoms with Crippen molar-refractivity contribution < 1.29 is 0 Å². The largest absolute Gasteiger partial charge is 0.355 e. The molecule has 1 aromatic heterocycles. The van der Waals surface area contributed by atoms with Crippen LogP contribution in [0, 0.1) is 5.41 Å². The first kappa shape index (κ1) is 14.4. The van der Waals surface area contributed by atoms with Crippen LogP contribution in [0.15, 0.2) is 6.20 Å². The lowest BCUT2D eigenvalue weighted by atomic mass is 9.83. The third-order valence-corrected chi connectivity index (χ3v) is 3.94. The normalized spacial score (nSPS) is 18.4. The maximum Gasteiger partial charge on any atom is 0.224 e. The van der Waals surface area contributed by atoms with Crippen LogP contribution in [0.5, 0.6) is 0 Å². The Morgan fingerprint density at radius 2 is 2.05 bits per heavy atom. The summed E-state index contributed by atoms with van der Waals surface area (Å²) >= 11 is 6.24. The van der Waals surface area contributed by atoms with Crippen LogP contribution >= 0.6 is 11.6 Å². The van der Waals surface area contributed by atoms with Crippen LogP contribution in [-0.2, 0) is 0 Å². The lowest BCUT2D eigenvalue weighted by Crippen LogP contribution is -2.38. The van der Waals surface area contributed by atoms with Crippen molar-refractivity contribution in [3.63, 3.8) is 0 Å². The van der Waals surface area contributed by atoms with E-state index in [9.17, 15) is 0 Å². The molecule has 0 unspecified atom stereocenters. The highest BCUT2D eigenvalue weighted by Crippen LogP contribution is 2.33. The predicted octanol–water partition coefficient (Wildman–Crippen LogP) is 3.58. The van der Waals surface area contributed by atoms with Crippen LogP contribution < -0.4 is 10.2 Å². The first-order valence-corrected chi connectivity index (χ1v) is 7.41. The van der Waals surface area contributed by atoms with Gasteiger partial charge in [0.2, 0.25) is 5.95 Å². The van der Waals surface area contributed by atoms with Crippen LogP contribution in [0.4, 0.5) is 11.8 Å². The van der Waals surface area contributed by atoms with E-state index < -0.39 is 0 Å². The minimum Gasteiger partial charge on any atom is -0.355 e. The molecule has 19 heavy (non-hydrogen) atoms. The minimum absolute atomic E-state index is 0.430. The molecule has 2 rings (SSSR count). The maximum atomic E-state index is 6.24. The molecular formula is C14H23ClN4. The van der Waals surface area contributed by atoms with E-state index in [1.165, 1.54) is 12.8 Å². The lowest BCUT2D eigenvalue weighted by molar-refractivity contribution is 0.279. The summed E-state index contributed by atoms with van der Waals surface area (Å²) in [6, 6.07) is 0. The number of aromatic nitrogens is 2. The third-order valence-electron chi connectivity index (χ3n) is 3.68. The lowest BCUT2D eigenvalue weighted by Gasteiger charge is -2.37. The zero-order chi connectivity index (χ0) is 13.9. The molecule has 1 aromatic rings. The van der Waals surface area contributed by atoms with E-state index in [2.05, 4.69) is 41.0 Å². The number of rotatable bonds is 4. The van der Waals surface area contributed by atoms with E-state index in [0.717, 1.165) is 31.9 Å². The van der Waals surface area contributed by atoms with Gasteiger partial charge in [-0.25, -0.2) is 4.98 Å². The van der Waals surface area contributed by atoms with Gasteiger partial charge in [-0.15, -0.1) is 0 Å². The number of hydrogen-bond donors (Lipinski definition) is 1. The smallest absolute Gasteiger partial charge is 0.224 e. The molecule has 106 valence electrons. The van der Waals surface area contributed by atoms with E-state index >= 15 is 0 Å². The Balaban J connectivity index is 2.10. The van der Waals surface area contributed by atoms with Gasteiger partial charge in [0.05, 0.1) is 6.20 Å². The molecule has 1 fully saturated rings. The van der Waals surface area contributed by atoms with Gasteiger partial charge in [0.1, 0.15) is 5.02 Å². The molecule has 0 amide bonds. The van der Waals surface area contributed by atoms with Gasteiger partial charge in [-0.3, -0.25) is 0 Å². The van der Waals surface area contributed by atoms with E-state index in [4.69, 9.17) is 11.6 Å². The van der Waals surface area contributed by atoms with Gasteiger partial charge >= 0.3 is 0 Å². The summed E-state index contributed by atoms with van der Waals surface area (Å²) in [5.74, 6) is 1.54. The molecule has 0 spiro atoms. The second kappa shape index (κ2) is 5.95. The van der Waals surface area contributed by atoms with Gasteiger partial charge in [-0.2, -0.15) is 4.98 Å². The molecule has 1 N–H and O–H groups in total. The second-order valence-corrected chi connectivity index (χ2v) is 6.35. The van der Waals surface area contributed by atoms with Gasteiger partial charge in [-0.1, -0.05) is 32.4 Å². The van der Waals surface area contributed by atoms with E-state index in [-0.39, 0.29) is 0 Å². The Morgan fingerprint density at radius 3 is 2.68 bits per heavy atom. The van der Waals surface area contributed by atoms with Crippen molar-refractivity contribution in [2.24, 2.45) is 5.41 Å². The van der Waals surface area contributed by atoms with Gasteiger partial charge in [0, 0.05) is 19.6 Å². The highest BCUT2D eigenvalue weighted by molar-refractivity contribution is 6.32. The van der Waals surface area contributed by atoms with Crippen LogP contribution in [0.3, 0.4) is 0 Å². The van der Waals surface area contributed by atoms with Crippen molar-refractivity contribution in [2.75, 3.05) is 29.9 Å². The Morgan fingerprint density at radius 1 is 1.37 bits per heavy atom. The fourth-order valence-corrected chi connectivity index (χ4v) is 2.44. The molecule has 2 heterocycles. The number of nitrogens with one attached hydrogen (secondary N) is 1. The van der Waals surface area contributed by atoms with Crippen molar-refractivity contribution in [1.29, 1.82) is 0 Å². The zero-order valence-electron chi connectivity index (χ0n) is 12.0. The summed E-state index contributed by atoms with van der Waals surface area (Å²) in [6.45, 7) is 9.67. The molecule has 1 aliphatic rings. The molecular weight excluding hydrogens is 260 g/mol. The number of anilines is 2. The Bertz CT molecular complexity index is 423. The van der Waals surface area contributed by atoms with Crippen molar-refractivity contribution in [1.82, 2.24) is 9.97 Å². The van der Waals surface area contributed by atoms with Gasteiger partial charge in [0.25, 0.3) is 0 Å². The average Bonchev–Trinajstić information content (AvgIpc) is 2.38. The average molecular weight is 283 g/mol. The summed E-state index contributed by atoms with van der Waals surface area (Å²) in [5, 5.41) is 3.85. The number of hydrogen-bond acceptors (Lipinski definition) is 4. The van der Waals surface area contributed by atoms with Gasteiger partial charge in [0.15, 0.2) is 5.82 Å². The summed E-state index contributed by atoms with van der Waals surface area (Å²) in [4.78, 5) is 11.0. The first-order chi connectivity index (χ1) is 9.02. The summed E-state index contributed by atoms with van der Waals surface area (Å²) in [5.41, 5.74) is 0.430. The molecule has 0 aromatic carbocycles. The summed E-state index contributed by atoms with van der Waals surface area (Å²) in [7, 11) is 0. The highest BCUT2D eigenvalue weighted by Gasteiger charge is 2.27. The number of halogens is 1. The molecule has 0 bridgehead atoms. The summed E-state index contributed by atoms with van der Waals surface area (Å²) < 4.78 is 0. The quantitative estimate of drug-likeness (QED) is 0.916. The third kappa shape index (κ3) is 3.72. The Kier molecular flexibility index (Phi) is 4.50. The van der Waals surface area contributed by atoms with Gasteiger partial charge in [-0.05, 0) is 24.7 Å². The highest BCUT2D eigenvalue weighted by atomic mass is 35.5. The Labute approximate surface area is 120 Å². The minimum atomic E-state index is 0.430. The number of piperidine rings is 1. The van der Waals surface area contributed by atoms with E-state index in [1.807, 2.05) is 0 Å². The number of nitrogens with zero attached hydrogens (tertiary/aromatic N) is 3. The fourth-order valence-electron chi connectivity index (χ4n) is 2.23. The van der Waals surface area contributed by atoms with Crippen LogP contribution in [0.1, 0.15) is 40.0 Å². The standard InChI is InChI=1S/C14H23ClN4/c1-4-7-16-13-17-10-11(15)12(18-13)19-8-5-14(2,3)6-9-19/h10H,4-9H2,1-3H3,(H,16,17,18). The topological polar surface area (TPSA) is 41.1 Å². The van der Waals surface area contributed by atoms with Crippen molar-refractivity contribution in [2.45, 2.75) is 40.0 Å². The van der Waals surface area contributed by atoms with Crippen molar-refractivity contribution in [3.05, 3.63) is 11.2 Å². The molecule has 1 saturated heterocycles. The van der Waals surface area contributed by atoms with Crippen molar-refractivity contribution >= 4 is 23.4 Å². The molecule has 0 radical (unpaired) electrons. The molecule has 0 atom stereocenters. The Hall–Kier alpha value is -1.03. The molecule has 0 saturated carbocycles. The monoisotopic (exact) mass is 282 g/mol. The predicted molar refractivity (Wildman–Crippen MR) is 81.1 cm³/mol. The first-order valence-electron chi connectivity index (χ1n) is 7.03. The molecule has 1 aliphatic heterocycles. The van der Waals surface area contributed by atoms with Gasteiger partial charge < -0.3 is 10.2 Å². The molecule has 5 heteroatoms. The maximum absolute atomic E-state index is 6.24. The van der Waals surface area contributed by atoms with Crippen LogP contribution in [-0.4, -0.2) is 29.6 Å². The van der Waals surface area contributed by atoms with E-state index in [1.54, 1.807) is 6.20 Å². The fraction of sp³-hybridized carbons (Fsp3) is 0.714. The summed E-state index contributed by atoms with van der Waals surface area (Å²) in [6.07, 6.45) is 5.09.